The number of ether oxygens (including phenoxy) is 2. The predicted molar refractivity (Wildman–Crippen MR) is 110 cm³/mol. The summed E-state index contributed by atoms with van der Waals surface area (Å²) in [4.78, 5) is 16.5. The second-order valence-corrected chi connectivity index (χ2v) is 9.28. The molecule has 2 bridgehead atoms. The average molecular weight is 492 g/mol. The summed E-state index contributed by atoms with van der Waals surface area (Å²) < 4.78 is 28.3. The van der Waals surface area contributed by atoms with Gasteiger partial charge in [0.25, 0.3) is 0 Å². The molecule has 162 valence electrons. The molecule has 3 aliphatic carbocycles. The highest BCUT2D eigenvalue weighted by molar-refractivity contribution is 9.10. The number of nitrogens with one attached hydrogen (secondary N) is 3. The normalized spacial score (nSPS) is 31.2. The van der Waals surface area contributed by atoms with E-state index in [1.54, 1.807) is 29.2 Å². The molecule has 7 rings (SSSR count). The Kier molecular flexibility index (Phi) is 4.22. The van der Waals surface area contributed by atoms with Crippen molar-refractivity contribution in [2.45, 2.75) is 43.2 Å². The van der Waals surface area contributed by atoms with E-state index in [-0.39, 0.29) is 12.1 Å². The van der Waals surface area contributed by atoms with E-state index >= 15 is 0 Å². The van der Waals surface area contributed by atoms with Crippen LogP contribution in [0.15, 0.2) is 29.1 Å². The lowest BCUT2D eigenvalue weighted by Crippen LogP contribution is -2.68. The highest BCUT2D eigenvalue weighted by Gasteiger charge is 2.58. The van der Waals surface area contributed by atoms with Gasteiger partial charge < -0.3 is 20.1 Å². The van der Waals surface area contributed by atoms with Gasteiger partial charge in [-0.2, -0.15) is 10.2 Å². The van der Waals surface area contributed by atoms with Crippen LogP contribution in [0, 0.1) is 5.92 Å². The molecule has 0 radical (unpaired) electrons. The molecule has 0 unspecified atom stereocenters. The number of nitrogens with zero attached hydrogens (tertiary/aromatic N) is 4. The lowest BCUT2D eigenvalue weighted by atomic mass is 9.50. The van der Waals surface area contributed by atoms with Gasteiger partial charge in [-0.1, -0.05) is 0 Å². The minimum absolute atomic E-state index is 0.0136. The first-order valence-electron chi connectivity index (χ1n) is 10.0. The Hall–Kier alpha value is -2.73. The fraction of sp³-hybridized carbons (Fsp3) is 0.474. The van der Waals surface area contributed by atoms with Gasteiger partial charge in [0.1, 0.15) is 11.6 Å². The number of anilines is 2. The van der Waals surface area contributed by atoms with E-state index in [4.69, 9.17) is 9.47 Å². The smallest absolute Gasteiger partial charge is 0.408 e. The summed E-state index contributed by atoms with van der Waals surface area (Å²) in [7, 11) is 0. The van der Waals surface area contributed by atoms with Crippen LogP contribution in [0.2, 0.25) is 0 Å². The van der Waals surface area contributed by atoms with Gasteiger partial charge in [-0.3, -0.25) is 5.10 Å². The molecular formula is C19H19BrFN7O3. The van der Waals surface area contributed by atoms with Gasteiger partial charge in [0.05, 0.1) is 23.0 Å². The average Bonchev–Trinajstić information content (AvgIpc) is 3.39. The van der Waals surface area contributed by atoms with Gasteiger partial charge in [-0.15, -0.1) is 0 Å². The maximum absolute atomic E-state index is 15.0. The Morgan fingerprint density at radius 2 is 2.26 bits per heavy atom. The van der Waals surface area contributed by atoms with Crippen molar-refractivity contribution in [3.8, 4) is 0 Å². The highest BCUT2D eigenvalue weighted by atomic mass is 79.9. The Morgan fingerprint density at radius 3 is 3.03 bits per heavy atom. The molecule has 12 heteroatoms. The Bertz CT molecular complexity index is 1150. The number of hydrogen-bond donors (Lipinski definition) is 3. The van der Waals surface area contributed by atoms with Crippen molar-refractivity contribution in [1.29, 1.82) is 0 Å². The summed E-state index contributed by atoms with van der Waals surface area (Å²) in [6.45, 7) is -0.0136. The number of alkyl halides is 1. The van der Waals surface area contributed by atoms with Crippen LogP contribution < -0.4 is 10.6 Å². The van der Waals surface area contributed by atoms with Gasteiger partial charge in [0, 0.05) is 24.0 Å². The Morgan fingerprint density at radius 1 is 1.42 bits per heavy atom. The number of H-pyrrole nitrogens is 1. The summed E-state index contributed by atoms with van der Waals surface area (Å²) in [6, 6.07) is 1.65. The molecule has 0 aromatic carbocycles. The van der Waals surface area contributed by atoms with Crippen LogP contribution in [0.5, 0.6) is 0 Å². The molecule has 0 spiro atoms. The van der Waals surface area contributed by atoms with E-state index in [0.29, 0.717) is 17.3 Å². The van der Waals surface area contributed by atoms with Crippen LogP contribution >= 0.6 is 15.9 Å². The van der Waals surface area contributed by atoms with Crippen molar-refractivity contribution in [3.05, 3.63) is 34.8 Å². The second kappa shape index (κ2) is 6.89. The summed E-state index contributed by atoms with van der Waals surface area (Å²) in [5, 5.41) is 17.2. The molecular weight excluding hydrogens is 473 g/mol. The SMILES string of the molecule is O=C(NC12CC(C1)C2)O[C@@H]1CO[C@H](c2cc(Nc3nccn4ncc(Br)c34)n[nH]2)[C@@H]1F. The largest absolute Gasteiger partial charge is 0.441 e. The number of carbonyl (C=O) groups is 1. The number of alkyl carbamates (subject to hydrolysis) is 1. The minimum Gasteiger partial charge on any atom is -0.441 e. The molecule has 4 aliphatic rings. The molecule has 3 aromatic heterocycles. The monoisotopic (exact) mass is 491 g/mol. The third-order valence-electron chi connectivity index (χ3n) is 6.29. The molecule has 4 heterocycles. The fourth-order valence-corrected chi connectivity index (χ4v) is 5.08. The highest BCUT2D eigenvalue weighted by Crippen LogP contribution is 2.57. The topological polar surface area (TPSA) is 118 Å². The van der Waals surface area contributed by atoms with Crippen LogP contribution in [-0.4, -0.2) is 55.3 Å². The quantitative estimate of drug-likeness (QED) is 0.501. The summed E-state index contributed by atoms with van der Waals surface area (Å²) in [5.41, 5.74) is 1.08. The minimum atomic E-state index is -1.50. The first-order chi connectivity index (χ1) is 15.0. The first-order valence-corrected chi connectivity index (χ1v) is 10.8. The molecule has 3 saturated carbocycles. The van der Waals surface area contributed by atoms with E-state index in [2.05, 4.69) is 46.8 Å². The number of carbonyl (C=O) groups excluding carboxylic acids is 1. The van der Waals surface area contributed by atoms with Crippen molar-refractivity contribution >= 4 is 39.2 Å². The molecule has 3 N–H and O–H groups in total. The summed E-state index contributed by atoms with van der Waals surface area (Å²) >= 11 is 3.45. The van der Waals surface area contributed by atoms with E-state index in [1.165, 1.54) is 0 Å². The van der Waals surface area contributed by atoms with Gasteiger partial charge >= 0.3 is 6.09 Å². The number of hydrogen-bond acceptors (Lipinski definition) is 7. The van der Waals surface area contributed by atoms with Crippen molar-refractivity contribution in [3.63, 3.8) is 0 Å². The zero-order chi connectivity index (χ0) is 21.2. The number of aromatic nitrogens is 5. The van der Waals surface area contributed by atoms with E-state index in [1.807, 2.05) is 0 Å². The van der Waals surface area contributed by atoms with Crippen molar-refractivity contribution < 1.29 is 18.7 Å². The van der Waals surface area contributed by atoms with Gasteiger partial charge in [-0.25, -0.2) is 18.7 Å². The number of rotatable bonds is 5. The number of amides is 1. The third-order valence-corrected chi connectivity index (χ3v) is 6.87. The van der Waals surface area contributed by atoms with E-state index in [0.717, 1.165) is 35.2 Å². The van der Waals surface area contributed by atoms with E-state index < -0.39 is 24.5 Å². The zero-order valence-electron chi connectivity index (χ0n) is 16.2. The predicted octanol–water partition coefficient (Wildman–Crippen LogP) is 3.02. The number of halogens is 2. The Balaban J connectivity index is 1.12. The van der Waals surface area contributed by atoms with Gasteiger partial charge in [0.2, 0.25) is 0 Å². The second-order valence-electron chi connectivity index (χ2n) is 8.42. The van der Waals surface area contributed by atoms with Crippen LogP contribution in [-0.2, 0) is 9.47 Å². The molecule has 1 aliphatic heterocycles. The molecule has 10 nitrogen and oxygen atoms in total. The number of aromatic amines is 1. The van der Waals surface area contributed by atoms with E-state index in [9.17, 15) is 9.18 Å². The van der Waals surface area contributed by atoms with Crippen LogP contribution in [0.25, 0.3) is 5.52 Å². The molecule has 31 heavy (non-hydrogen) atoms. The number of fused-ring (bicyclic) bond motifs is 1. The fourth-order valence-electron chi connectivity index (χ4n) is 4.62. The molecule has 3 atom stereocenters. The van der Waals surface area contributed by atoms with Crippen LogP contribution in [0.3, 0.4) is 0 Å². The molecule has 3 aromatic rings. The lowest BCUT2D eigenvalue weighted by Gasteiger charge is -2.61. The van der Waals surface area contributed by atoms with Crippen LogP contribution in [0.4, 0.5) is 20.8 Å². The Labute approximate surface area is 184 Å². The maximum atomic E-state index is 15.0. The van der Waals surface area contributed by atoms with Crippen molar-refractivity contribution in [1.82, 2.24) is 30.1 Å². The lowest BCUT2D eigenvalue weighted by molar-refractivity contribution is -0.0528. The zero-order valence-corrected chi connectivity index (χ0v) is 17.8. The van der Waals surface area contributed by atoms with Crippen molar-refractivity contribution in [2.75, 3.05) is 11.9 Å². The standard InChI is InChI=1S/C19H19BrFN7O3/c20-10-7-23-28-2-1-22-17(15(10)28)24-13-3-11(26-27-13)16-14(21)12(8-30-16)31-18(29)25-19-4-9(5-19)6-19/h1-3,7,9,12,14,16H,4-6,8H2,(H,25,29)(H2,22,24,26,27)/t9?,12-,14-,16-,19?/m1/s1. The summed E-state index contributed by atoms with van der Waals surface area (Å²) in [5.74, 6) is 1.72. The van der Waals surface area contributed by atoms with Crippen LogP contribution in [0.1, 0.15) is 31.1 Å². The van der Waals surface area contributed by atoms with Gasteiger partial charge in [-0.05, 0) is 41.1 Å². The van der Waals surface area contributed by atoms with Crippen molar-refractivity contribution in [2.24, 2.45) is 5.92 Å². The third kappa shape index (κ3) is 3.16. The summed E-state index contributed by atoms with van der Waals surface area (Å²) in [6.07, 6.45) is 4.04. The first kappa shape index (κ1) is 19.0. The maximum Gasteiger partial charge on any atom is 0.408 e. The molecule has 1 amide bonds. The molecule has 4 fully saturated rings. The van der Waals surface area contributed by atoms with Gasteiger partial charge in [0.15, 0.2) is 23.9 Å². The molecule has 1 saturated heterocycles.